The summed E-state index contributed by atoms with van der Waals surface area (Å²) < 4.78 is 0. The van der Waals surface area contributed by atoms with Crippen LogP contribution in [0.25, 0.3) is 21.3 Å². The molecule has 44 heavy (non-hydrogen) atoms. The average molecular weight is 612 g/mol. The lowest BCUT2D eigenvalue weighted by Gasteiger charge is -2.34. The number of aryl methyl sites for hydroxylation is 1. The fourth-order valence-corrected chi connectivity index (χ4v) is 7.35. The molecule has 4 aromatic rings. The number of fused-ring (bicyclic) bond motifs is 2. The number of nitrogens with zero attached hydrogens (tertiary/aromatic N) is 1. The second-order valence-corrected chi connectivity index (χ2v) is 14.3. The van der Waals surface area contributed by atoms with E-state index in [0.717, 1.165) is 52.6 Å². The standard InChI is InChI=1S/C35H41N5O3S/c1-35(2,3)26-9-10-28-24(17-26)16-25-18-30(44-34(25)40-28)33(43)39-29(13-15-36-27-12-14-37-32(42)19-27)22-6-4-21(5-7-22)23-8-11-31(41)38-20-23/h4-8,11,16,18,20,26-27,29,36H,9-10,12-15,17,19H2,1-3H3,(H,37,42)(H,38,41)(H,39,43)/t26-,27?,29+/m0/s1. The summed E-state index contributed by atoms with van der Waals surface area (Å²) in [5, 5.41) is 10.7. The fourth-order valence-electron chi connectivity index (χ4n) is 6.41. The number of carbonyl (C=O) groups is 2. The number of benzene rings is 1. The zero-order valence-electron chi connectivity index (χ0n) is 25.7. The smallest absolute Gasteiger partial charge is 0.261 e. The van der Waals surface area contributed by atoms with Gasteiger partial charge in [-0.25, -0.2) is 4.98 Å². The normalized spacial score (nSPS) is 19.3. The van der Waals surface area contributed by atoms with Crippen LogP contribution in [0.4, 0.5) is 0 Å². The Morgan fingerprint density at radius 2 is 1.84 bits per heavy atom. The van der Waals surface area contributed by atoms with Crippen LogP contribution in [-0.4, -0.2) is 40.9 Å². The average Bonchev–Trinajstić information content (AvgIpc) is 3.42. The van der Waals surface area contributed by atoms with E-state index in [0.29, 0.717) is 36.7 Å². The minimum absolute atomic E-state index is 0.0745. The van der Waals surface area contributed by atoms with Gasteiger partial charge in [0.05, 0.1) is 10.9 Å². The first-order valence-corrected chi connectivity index (χ1v) is 16.5. The summed E-state index contributed by atoms with van der Waals surface area (Å²) in [6.07, 6.45) is 6.92. The highest BCUT2D eigenvalue weighted by Crippen LogP contribution is 2.38. The van der Waals surface area contributed by atoms with Crippen LogP contribution in [0.5, 0.6) is 0 Å². The predicted octanol–water partition coefficient (Wildman–Crippen LogP) is 5.53. The number of piperidine rings is 1. The lowest BCUT2D eigenvalue weighted by molar-refractivity contribution is -0.122. The Balaban J connectivity index is 1.20. The number of amides is 2. The number of aromatic amines is 1. The summed E-state index contributed by atoms with van der Waals surface area (Å²) in [5.41, 5.74) is 5.51. The Bertz CT molecular complexity index is 1700. The summed E-state index contributed by atoms with van der Waals surface area (Å²) >= 11 is 1.46. The van der Waals surface area contributed by atoms with Crippen LogP contribution in [0, 0.1) is 11.3 Å². The molecule has 1 saturated heterocycles. The van der Waals surface area contributed by atoms with Crippen LogP contribution in [0.3, 0.4) is 0 Å². The molecule has 1 fully saturated rings. The molecule has 6 rings (SSSR count). The second kappa shape index (κ2) is 12.7. The van der Waals surface area contributed by atoms with Crippen molar-refractivity contribution in [2.24, 2.45) is 11.3 Å². The quantitative estimate of drug-likeness (QED) is 0.209. The first kappa shape index (κ1) is 30.2. The van der Waals surface area contributed by atoms with Gasteiger partial charge in [0.25, 0.3) is 5.91 Å². The number of H-pyrrole nitrogens is 1. The van der Waals surface area contributed by atoms with Gasteiger partial charge in [0, 0.05) is 42.4 Å². The molecule has 9 heteroatoms. The van der Waals surface area contributed by atoms with E-state index < -0.39 is 0 Å². The second-order valence-electron chi connectivity index (χ2n) is 13.3. The van der Waals surface area contributed by atoms with Gasteiger partial charge in [0.2, 0.25) is 11.5 Å². The molecule has 0 saturated carbocycles. The van der Waals surface area contributed by atoms with Crippen molar-refractivity contribution < 1.29 is 9.59 Å². The summed E-state index contributed by atoms with van der Waals surface area (Å²) in [4.78, 5) is 46.3. The molecule has 0 bridgehead atoms. The van der Waals surface area contributed by atoms with E-state index in [9.17, 15) is 14.4 Å². The van der Waals surface area contributed by atoms with Gasteiger partial charge in [-0.3, -0.25) is 14.4 Å². The van der Waals surface area contributed by atoms with Gasteiger partial charge in [-0.05, 0) is 90.4 Å². The van der Waals surface area contributed by atoms with Crippen molar-refractivity contribution >= 4 is 33.4 Å². The maximum Gasteiger partial charge on any atom is 0.261 e. The topological polar surface area (TPSA) is 116 Å². The highest BCUT2D eigenvalue weighted by atomic mass is 32.1. The number of hydrogen-bond acceptors (Lipinski definition) is 6. The molecule has 2 amide bonds. The molecule has 230 valence electrons. The maximum atomic E-state index is 13.7. The molecule has 3 aromatic heterocycles. The Kier molecular flexibility index (Phi) is 8.69. The van der Waals surface area contributed by atoms with E-state index in [1.807, 2.05) is 30.3 Å². The Morgan fingerprint density at radius 3 is 2.57 bits per heavy atom. The summed E-state index contributed by atoms with van der Waals surface area (Å²) in [7, 11) is 0. The monoisotopic (exact) mass is 611 g/mol. The highest BCUT2D eigenvalue weighted by molar-refractivity contribution is 7.20. The van der Waals surface area contributed by atoms with E-state index in [-0.39, 0.29) is 34.9 Å². The van der Waals surface area contributed by atoms with Crippen LogP contribution in [0.15, 0.2) is 59.5 Å². The fraction of sp³-hybridized carbons (Fsp3) is 0.429. The number of hydrogen-bond donors (Lipinski definition) is 4. The number of aromatic nitrogens is 2. The first-order chi connectivity index (χ1) is 21.1. The highest BCUT2D eigenvalue weighted by Gasteiger charge is 2.30. The summed E-state index contributed by atoms with van der Waals surface area (Å²) in [6.45, 7) is 8.30. The molecular weight excluding hydrogens is 570 g/mol. The van der Waals surface area contributed by atoms with Crippen molar-refractivity contribution in [1.82, 2.24) is 25.9 Å². The van der Waals surface area contributed by atoms with Gasteiger partial charge in [-0.1, -0.05) is 45.0 Å². The van der Waals surface area contributed by atoms with Crippen LogP contribution in [-0.2, 0) is 17.6 Å². The van der Waals surface area contributed by atoms with Crippen molar-refractivity contribution in [3.63, 3.8) is 0 Å². The van der Waals surface area contributed by atoms with E-state index in [2.05, 4.69) is 47.8 Å². The third-order valence-electron chi connectivity index (χ3n) is 9.17. The summed E-state index contributed by atoms with van der Waals surface area (Å²) in [5.74, 6) is 0.597. The molecule has 4 N–H and O–H groups in total. The molecule has 4 heterocycles. The molecule has 0 radical (unpaired) electrons. The molecule has 3 atom stereocenters. The van der Waals surface area contributed by atoms with Gasteiger partial charge in [0.15, 0.2) is 0 Å². The molecule has 1 aliphatic heterocycles. The molecule has 8 nitrogen and oxygen atoms in total. The number of carbonyl (C=O) groups excluding carboxylic acids is 2. The van der Waals surface area contributed by atoms with Gasteiger partial charge >= 0.3 is 0 Å². The largest absolute Gasteiger partial charge is 0.356 e. The molecule has 2 aliphatic rings. The number of pyridine rings is 2. The van der Waals surface area contributed by atoms with Crippen LogP contribution >= 0.6 is 11.3 Å². The zero-order chi connectivity index (χ0) is 30.8. The molecule has 0 spiro atoms. The molecular formula is C35H41N5O3S. The van der Waals surface area contributed by atoms with Gasteiger partial charge in [-0.2, -0.15) is 0 Å². The van der Waals surface area contributed by atoms with Gasteiger partial charge < -0.3 is 20.9 Å². The Labute approximate surface area is 262 Å². The van der Waals surface area contributed by atoms with Crippen molar-refractivity contribution in [1.29, 1.82) is 0 Å². The van der Waals surface area contributed by atoms with E-state index >= 15 is 0 Å². The van der Waals surface area contributed by atoms with E-state index in [4.69, 9.17) is 4.98 Å². The van der Waals surface area contributed by atoms with Gasteiger partial charge in [-0.15, -0.1) is 11.3 Å². The van der Waals surface area contributed by atoms with Crippen molar-refractivity contribution in [3.8, 4) is 11.1 Å². The van der Waals surface area contributed by atoms with Crippen LogP contribution in [0.1, 0.15) is 79.0 Å². The van der Waals surface area contributed by atoms with E-state index in [1.165, 1.54) is 28.7 Å². The zero-order valence-corrected chi connectivity index (χ0v) is 26.5. The van der Waals surface area contributed by atoms with Crippen LogP contribution < -0.4 is 21.5 Å². The van der Waals surface area contributed by atoms with Crippen molar-refractivity contribution in [3.05, 3.63) is 86.8 Å². The number of thiophene rings is 1. The molecule has 1 aromatic carbocycles. The lowest BCUT2D eigenvalue weighted by atomic mass is 9.71. The van der Waals surface area contributed by atoms with Crippen molar-refractivity contribution in [2.45, 2.75) is 71.4 Å². The Hall–Kier alpha value is -3.82. The number of rotatable bonds is 8. The SMILES string of the molecule is CC(C)(C)[C@H]1CCc2nc3sc(C(=O)N[C@H](CCNC4CCNC(=O)C4)c4ccc(-c5ccc(=O)[nH]c5)cc4)cc3cc2C1. The molecule has 1 aliphatic carbocycles. The first-order valence-electron chi connectivity index (χ1n) is 15.6. The summed E-state index contributed by atoms with van der Waals surface area (Å²) in [6, 6.07) is 15.6. The van der Waals surface area contributed by atoms with E-state index in [1.54, 1.807) is 12.3 Å². The Morgan fingerprint density at radius 1 is 1.05 bits per heavy atom. The molecule has 1 unspecified atom stereocenters. The maximum absolute atomic E-state index is 13.7. The third kappa shape index (κ3) is 6.94. The minimum atomic E-state index is -0.226. The van der Waals surface area contributed by atoms with Gasteiger partial charge in [0.1, 0.15) is 4.83 Å². The van der Waals surface area contributed by atoms with Crippen molar-refractivity contribution in [2.75, 3.05) is 13.1 Å². The predicted molar refractivity (Wildman–Crippen MR) is 176 cm³/mol. The number of nitrogens with one attached hydrogen (secondary N) is 4. The van der Waals surface area contributed by atoms with Crippen LogP contribution in [0.2, 0.25) is 0 Å². The minimum Gasteiger partial charge on any atom is -0.356 e. The lowest BCUT2D eigenvalue weighted by Crippen LogP contribution is -2.44. The third-order valence-corrected chi connectivity index (χ3v) is 10.2.